The van der Waals surface area contributed by atoms with E-state index in [2.05, 4.69) is 40.5 Å². The van der Waals surface area contributed by atoms with Crippen molar-refractivity contribution in [1.29, 1.82) is 5.26 Å². The van der Waals surface area contributed by atoms with Gasteiger partial charge in [0.05, 0.1) is 17.5 Å². The number of rotatable bonds is 6. The van der Waals surface area contributed by atoms with E-state index in [1.165, 1.54) is 13.1 Å². The van der Waals surface area contributed by atoms with E-state index in [9.17, 15) is 24.4 Å². The van der Waals surface area contributed by atoms with Crippen LogP contribution < -0.4 is 10.6 Å². The summed E-state index contributed by atoms with van der Waals surface area (Å²) in [4.78, 5) is 64.4. The molecule has 4 heterocycles. The van der Waals surface area contributed by atoms with Gasteiger partial charge in [-0.05, 0) is 34.8 Å². The molecule has 3 aliphatic rings. The molecule has 1 unspecified atom stereocenters. The van der Waals surface area contributed by atoms with Gasteiger partial charge in [-0.25, -0.2) is 0 Å². The molecule has 2 N–H and O–H groups in total. The lowest BCUT2D eigenvalue weighted by Crippen LogP contribution is -2.62. The summed E-state index contributed by atoms with van der Waals surface area (Å²) in [5.41, 5.74) is 0.302. The van der Waals surface area contributed by atoms with Crippen LogP contribution in [-0.4, -0.2) is 75.1 Å². The number of pyridine rings is 2. The number of nitrogens with one attached hydrogen (secondary N) is 2. The summed E-state index contributed by atoms with van der Waals surface area (Å²) in [7, 11) is 0. The number of amides is 4. The first-order chi connectivity index (χ1) is 19.3. The largest absolute Gasteiger partial charge is 0.343 e. The van der Waals surface area contributed by atoms with Gasteiger partial charge in [-0.3, -0.25) is 29.1 Å². The van der Waals surface area contributed by atoms with Crippen molar-refractivity contribution in [2.24, 2.45) is 28.6 Å². The van der Waals surface area contributed by atoms with Crippen molar-refractivity contribution in [3.8, 4) is 6.07 Å². The molecule has 0 aromatic carbocycles. The molecule has 1 saturated carbocycles. The Morgan fingerprint density at radius 2 is 1.80 bits per heavy atom. The fourth-order valence-corrected chi connectivity index (χ4v) is 6.43. The lowest BCUT2D eigenvalue weighted by Gasteiger charge is -2.41. The first-order valence-corrected chi connectivity index (χ1v) is 14.0. The lowest BCUT2D eigenvalue weighted by molar-refractivity contribution is -0.148. The molecule has 5 atom stereocenters. The molecule has 2 saturated heterocycles. The maximum atomic E-state index is 14.1. The Bertz CT molecular complexity index is 1450. The Morgan fingerprint density at radius 3 is 2.44 bits per heavy atom. The van der Waals surface area contributed by atoms with Gasteiger partial charge in [0.1, 0.15) is 18.1 Å². The van der Waals surface area contributed by atoms with E-state index < -0.39 is 29.4 Å². The normalized spacial score (nSPS) is 24.5. The van der Waals surface area contributed by atoms with Crippen molar-refractivity contribution in [2.75, 3.05) is 19.6 Å². The highest BCUT2D eigenvalue weighted by atomic mass is 16.2. The molecule has 1 aliphatic carbocycles. The highest BCUT2D eigenvalue weighted by molar-refractivity contribution is 5.95. The highest BCUT2D eigenvalue weighted by Gasteiger charge is 2.69. The molecule has 5 rings (SSSR count). The summed E-state index contributed by atoms with van der Waals surface area (Å²) in [5, 5.41) is 16.6. The van der Waals surface area contributed by atoms with Gasteiger partial charge in [0, 0.05) is 56.1 Å². The highest BCUT2D eigenvalue weighted by Crippen LogP contribution is 2.65. The number of hydrogen-bond donors (Lipinski definition) is 2. The fraction of sp³-hybridized carbons (Fsp3) is 0.567. The molecular formula is C30H37N7O4. The van der Waals surface area contributed by atoms with Gasteiger partial charge >= 0.3 is 0 Å². The molecule has 2 aliphatic heterocycles. The number of hydrogen-bond acceptors (Lipinski definition) is 7. The first kappa shape index (κ1) is 28.5. The Hall–Kier alpha value is -4.07. The van der Waals surface area contributed by atoms with Crippen molar-refractivity contribution in [3.05, 3.63) is 36.3 Å². The van der Waals surface area contributed by atoms with Gasteiger partial charge < -0.3 is 20.4 Å². The summed E-state index contributed by atoms with van der Waals surface area (Å²) >= 11 is 0. The average Bonchev–Trinajstić information content (AvgIpc) is 3.21. The van der Waals surface area contributed by atoms with E-state index in [0.717, 1.165) is 5.39 Å². The standard InChI is InChI=1S/C30H37N7O4/c1-16(38)36-13-18(14-36)26(39)35-25(29(2,3)4)28(41)37-15-20-22(30(20,5)6)24(37)27(40)34-21(10-31)19-12-32-11-17-8-7-9-33-23(17)19/h7-9,11-12,18,20-22,24-25H,13-15H2,1-6H3,(H,34,40)(H,35,39)/t20-,21?,22-,24-,25+/m0/s1. The summed E-state index contributed by atoms with van der Waals surface area (Å²) in [6.45, 7) is 12.3. The van der Waals surface area contributed by atoms with Crippen LogP contribution in [0.4, 0.5) is 0 Å². The zero-order valence-electron chi connectivity index (χ0n) is 24.3. The van der Waals surface area contributed by atoms with E-state index in [1.54, 1.807) is 28.3 Å². The van der Waals surface area contributed by atoms with Gasteiger partial charge in [0.25, 0.3) is 0 Å². The van der Waals surface area contributed by atoms with Crippen molar-refractivity contribution < 1.29 is 19.2 Å². The number of likely N-dealkylation sites (tertiary alicyclic amines) is 2. The summed E-state index contributed by atoms with van der Waals surface area (Å²) in [6, 6.07) is 3.13. The van der Waals surface area contributed by atoms with E-state index >= 15 is 0 Å². The quantitative estimate of drug-likeness (QED) is 0.548. The third-order valence-electron chi connectivity index (χ3n) is 9.12. The third-order valence-corrected chi connectivity index (χ3v) is 9.12. The Labute approximate surface area is 239 Å². The molecule has 4 amide bonds. The van der Waals surface area contributed by atoms with Gasteiger partial charge in [-0.1, -0.05) is 34.6 Å². The minimum atomic E-state index is -1.01. The van der Waals surface area contributed by atoms with Gasteiger partial charge in [-0.15, -0.1) is 0 Å². The van der Waals surface area contributed by atoms with E-state index in [-0.39, 0.29) is 40.9 Å². The van der Waals surface area contributed by atoms with Crippen LogP contribution in [0.3, 0.4) is 0 Å². The van der Waals surface area contributed by atoms with Crippen LogP contribution in [0.2, 0.25) is 0 Å². The van der Waals surface area contributed by atoms with Crippen LogP contribution in [0.1, 0.15) is 53.1 Å². The second-order valence-corrected chi connectivity index (χ2v) is 13.2. The second-order valence-electron chi connectivity index (χ2n) is 13.2. The predicted octanol–water partition coefficient (Wildman–Crippen LogP) is 1.80. The number of piperidine rings is 1. The molecule has 2 aromatic heterocycles. The maximum Gasteiger partial charge on any atom is 0.246 e. The van der Waals surface area contributed by atoms with Gasteiger partial charge in [-0.2, -0.15) is 5.26 Å². The summed E-state index contributed by atoms with van der Waals surface area (Å²) in [6.07, 6.45) is 4.81. The number of fused-ring (bicyclic) bond motifs is 2. The van der Waals surface area contributed by atoms with Gasteiger partial charge in [0.15, 0.2) is 0 Å². The second kappa shape index (κ2) is 10.1. The van der Waals surface area contributed by atoms with Crippen LogP contribution in [0.15, 0.2) is 30.7 Å². The minimum Gasteiger partial charge on any atom is -0.343 e. The predicted molar refractivity (Wildman–Crippen MR) is 149 cm³/mol. The average molecular weight is 560 g/mol. The van der Waals surface area contributed by atoms with Crippen molar-refractivity contribution in [3.63, 3.8) is 0 Å². The molecule has 11 heteroatoms. The van der Waals surface area contributed by atoms with Crippen LogP contribution in [-0.2, 0) is 19.2 Å². The zero-order valence-corrected chi connectivity index (χ0v) is 24.3. The SMILES string of the molecule is CC(=O)N1CC(C(=O)N[C@H](C(=O)N2C[C@H]3[C@@H]([C@H]2C(=O)NC(C#N)c2cncc4cccnc24)C3(C)C)C(C)(C)C)C1. The summed E-state index contributed by atoms with van der Waals surface area (Å²) in [5.74, 6) is -1.40. The maximum absolute atomic E-state index is 14.1. The monoisotopic (exact) mass is 559 g/mol. The topological polar surface area (TPSA) is 148 Å². The number of nitriles is 1. The van der Waals surface area contributed by atoms with E-state index in [0.29, 0.717) is 30.7 Å². The van der Waals surface area contributed by atoms with Crippen molar-refractivity contribution in [2.45, 2.75) is 59.7 Å². The molecule has 41 heavy (non-hydrogen) atoms. The van der Waals surface area contributed by atoms with Crippen LogP contribution >= 0.6 is 0 Å². The Kier molecular flexibility index (Phi) is 7.00. The van der Waals surface area contributed by atoms with E-state index in [1.807, 2.05) is 26.8 Å². The van der Waals surface area contributed by atoms with E-state index in [4.69, 9.17) is 0 Å². The van der Waals surface area contributed by atoms with Crippen LogP contribution in [0.5, 0.6) is 0 Å². The minimum absolute atomic E-state index is 0.0679. The number of nitrogens with zero attached hydrogens (tertiary/aromatic N) is 5. The van der Waals surface area contributed by atoms with Crippen LogP contribution in [0, 0.1) is 39.9 Å². The Morgan fingerprint density at radius 1 is 1.10 bits per heavy atom. The third kappa shape index (κ3) is 5.00. The molecule has 0 bridgehead atoms. The number of aromatic nitrogens is 2. The molecule has 2 aromatic rings. The Balaban J connectivity index is 1.37. The molecule has 216 valence electrons. The van der Waals surface area contributed by atoms with Crippen molar-refractivity contribution in [1.82, 2.24) is 30.4 Å². The van der Waals surface area contributed by atoms with Gasteiger partial charge in [0.2, 0.25) is 23.6 Å². The summed E-state index contributed by atoms with van der Waals surface area (Å²) < 4.78 is 0. The number of carbonyl (C=O) groups excluding carboxylic acids is 4. The zero-order chi connectivity index (χ0) is 29.9. The molecule has 0 radical (unpaired) electrons. The van der Waals surface area contributed by atoms with Crippen LogP contribution in [0.25, 0.3) is 10.9 Å². The molecular weight excluding hydrogens is 522 g/mol. The number of carbonyl (C=O) groups is 4. The molecule has 11 nitrogen and oxygen atoms in total. The van der Waals surface area contributed by atoms with Crippen molar-refractivity contribution >= 4 is 34.5 Å². The first-order valence-electron chi connectivity index (χ1n) is 14.0. The fourth-order valence-electron chi connectivity index (χ4n) is 6.43. The molecule has 0 spiro atoms. The smallest absolute Gasteiger partial charge is 0.246 e. The lowest BCUT2D eigenvalue weighted by atomic mass is 9.84. The molecule has 3 fully saturated rings.